The van der Waals surface area contributed by atoms with E-state index in [4.69, 9.17) is 0 Å². The van der Waals surface area contributed by atoms with Gasteiger partial charge < -0.3 is 4.90 Å². The van der Waals surface area contributed by atoms with Gasteiger partial charge in [-0.25, -0.2) is 0 Å². The lowest BCUT2D eigenvalue weighted by Gasteiger charge is -2.15. The van der Waals surface area contributed by atoms with E-state index in [0.29, 0.717) is 6.54 Å². The van der Waals surface area contributed by atoms with Gasteiger partial charge >= 0.3 is 0 Å². The van der Waals surface area contributed by atoms with Crippen LogP contribution in [-0.2, 0) is 9.59 Å². The molecule has 0 fully saturated rings. The van der Waals surface area contributed by atoms with Crippen molar-refractivity contribution in [1.29, 1.82) is 0 Å². The van der Waals surface area contributed by atoms with Crippen LogP contribution in [0.25, 0.3) is 0 Å². The van der Waals surface area contributed by atoms with E-state index in [0.717, 1.165) is 13.0 Å². The highest BCUT2D eigenvalue weighted by Gasteiger charge is 2.22. The summed E-state index contributed by atoms with van der Waals surface area (Å²) in [5, 5.41) is 0. The SMILES string of the molecule is CN(C)CCCN1C(=O)C=CC1=O.Cl. The van der Waals surface area contributed by atoms with Crippen molar-refractivity contribution in [1.82, 2.24) is 9.80 Å². The van der Waals surface area contributed by atoms with Crippen molar-refractivity contribution >= 4 is 24.2 Å². The molecule has 0 saturated carbocycles. The van der Waals surface area contributed by atoms with E-state index >= 15 is 0 Å². The van der Waals surface area contributed by atoms with Gasteiger partial charge in [0.15, 0.2) is 0 Å². The Labute approximate surface area is 90.0 Å². The molecule has 1 aliphatic rings. The van der Waals surface area contributed by atoms with Gasteiger partial charge in [-0.15, -0.1) is 12.4 Å². The fraction of sp³-hybridized carbons (Fsp3) is 0.556. The molecule has 0 N–H and O–H groups in total. The van der Waals surface area contributed by atoms with Crippen molar-refractivity contribution < 1.29 is 9.59 Å². The molecule has 1 heterocycles. The van der Waals surface area contributed by atoms with Gasteiger partial charge in [-0.05, 0) is 27.1 Å². The van der Waals surface area contributed by atoms with Crippen LogP contribution in [0, 0.1) is 0 Å². The Morgan fingerprint density at radius 1 is 1.21 bits per heavy atom. The molecular weight excluding hydrogens is 204 g/mol. The third-order valence-electron chi connectivity index (χ3n) is 1.89. The number of halogens is 1. The van der Waals surface area contributed by atoms with Crippen LogP contribution in [0.1, 0.15) is 6.42 Å². The van der Waals surface area contributed by atoms with Crippen LogP contribution < -0.4 is 0 Å². The van der Waals surface area contributed by atoms with Gasteiger partial charge in [0.25, 0.3) is 11.8 Å². The normalized spacial score (nSPS) is 15.2. The summed E-state index contributed by atoms with van der Waals surface area (Å²) in [5.74, 6) is -0.382. The Bertz CT molecular complexity index is 233. The first-order chi connectivity index (χ1) is 6.11. The molecule has 80 valence electrons. The standard InChI is InChI=1S/C9H14N2O2.ClH/c1-10(2)6-3-7-11-8(12)4-5-9(11)13;/h4-5H,3,6-7H2,1-2H3;1H. The van der Waals surface area contributed by atoms with Crippen LogP contribution in [0.2, 0.25) is 0 Å². The van der Waals surface area contributed by atoms with Crippen LogP contribution in [-0.4, -0.2) is 48.8 Å². The lowest BCUT2D eigenvalue weighted by molar-refractivity contribution is -0.136. The van der Waals surface area contributed by atoms with E-state index in [1.165, 1.54) is 17.1 Å². The predicted molar refractivity (Wildman–Crippen MR) is 56.3 cm³/mol. The lowest BCUT2D eigenvalue weighted by Crippen LogP contribution is -2.32. The van der Waals surface area contributed by atoms with E-state index in [9.17, 15) is 9.59 Å². The molecule has 0 bridgehead atoms. The Morgan fingerprint density at radius 2 is 1.71 bits per heavy atom. The van der Waals surface area contributed by atoms with Gasteiger partial charge in [0.1, 0.15) is 0 Å². The fourth-order valence-corrected chi connectivity index (χ4v) is 1.20. The van der Waals surface area contributed by atoms with Crippen molar-refractivity contribution in [3.63, 3.8) is 0 Å². The lowest BCUT2D eigenvalue weighted by atomic mass is 10.3. The third kappa shape index (κ3) is 3.47. The van der Waals surface area contributed by atoms with Gasteiger partial charge in [-0.3, -0.25) is 14.5 Å². The highest BCUT2D eigenvalue weighted by atomic mass is 35.5. The van der Waals surface area contributed by atoms with E-state index < -0.39 is 0 Å². The molecule has 0 unspecified atom stereocenters. The van der Waals surface area contributed by atoms with Crippen LogP contribution >= 0.6 is 12.4 Å². The minimum Gasteiger partial charge on any atom is -0.309 e. The van der Waals surface area contributed by atoms with Crippen molar-refractivity contribution in [3.8, 4) is 0 Å². The quantitative estimate of drug-likeness (QED) is 0.637. The topological polar surface area (TPSA) is 40.6 Å². The number of carbonyl (C=O) groups is 2. The van der Waals surface area contributed by atoms with Crippen molar-refractivity contribution in [3.05, 3.63) is 12.2 Å². The molecule has 0 radical (unpaired) electrons. The largest absolute Gasteiger partial charge is 0.309 e. The summed E-state index contributed by atoms with van der Waals surface area (Å²) in [6.45, 7) is 1.40. The van der Waals surface area contributed by atoms with E-state index in [1.54, 1.807) is 0 Å². The van der Waals surface area contributed by atoms with Gasteiger partial charge in [0, 0.05) is 18.7 Å². The smallest absolute Gasteiger partial charge is 0.253 e. The Balaban J connectivity index is 0.00000169. The molecule has 14 heavy (non-hydrogen) atoms. The average molecular weight is 219 g/mol. The molecule has 0 aromatic carbocycles. The summed E-state index contributed by atoms with van der Waals surface area (Å²) >= 11 is 0. The Hall–Kier alpha value is -0.870. The highest BCUT2D eigenvalue weighted by molar-refractivity contribution is 6.12. The van der Waals surface area contributed by atoms with E-state index in [-0.39, 0.29) is 24.2 Å². The molecular formula is C9H15ClN2O2. The third-order valence-corrected chi connectivity index (χ3v) is 1.89. The first kappa shape index (κ1) is 13.1. The minimum atomic E-state index is -0.191. The zero-order chi connectivity index (χ0) is 9.84. The number of rotatable bonds is 4. The van der Waals surface area contributed by atoms with E-state index in [2.05, 4.69) is 0 Å². The number of hydrogen-bond acceptors (Lipinski definition) is 3. The van der Waals surface area contributed by atoms with Crippen LogP contribution in [0.5, 0.6) is 0 Å². The van der Waals surface area contributed by atoms with Gasteiger partial charge in [0.05, 0.1) is 0 Å². The second kappa shape index (κ2) is 5.78. The molecule has 2 amide bonds. The number of amides is 2. The summed E-state index contributed by atoms with van der Waals surface area (Å²) in [7, 11) is 3.93. The molecule has 5 heteroatoms. The second-order valence-electron chi connectivity index (χ2n) is 3.32. The minimum absolute atomic E-state index is 0. The zero-order valence-electron chi connectivity index (χ0n) is 8.40. The predicted octanol–water partition coefficient (Wildman–Crippen LogP) is 0.285. The summed E-state index contributed by atoms with van der Waals surface area (Å²) in [5.41, 5.74) is 0. The Kier molecular flexibility index (Phi) is 5.42. The maximum absolute atomic E-state index is 11.1. The molecule has 1 rings (SSSR count). The van der Waals surface area contributed by atoms with Crippen molar-refractivity contribution in [2.75, 3.05) is 27.2 Å². The summed E-state index contributed by atoms with van der Waals surface area (Å²) in [6, 6.07) is 0. The maximum atomic E-state index is 11.1. The monoisotopic (exact) mass is 218 g/mol. The molecule has 0 aliphatic carbocycles. The highest BCUT2D eigenvalue weighted by Crippen LogP contribution is 2.03. The van der Waals surface area contributed by atoms with Crippen LogP contribution in [0.3, 0.4) is 0 Å². The summed E-state index contributed by atoms with van der Waals surface area (Å²) < 4.78 is 0. The number of carbonyl (C=O) groups excluding carboxylic acids is 2. The van der Waals surface area contributed by atoms with Gasteiger partial charge in [-0.1, -0.05) is 0 Å². The van der Waals surface area contributed by atoms with Crippen LogP contribution in [0.4, 0.5) is 0 Å². The summed E-state index contributed by atoms with van der Waals surface area (Å²) in [6.07, 6.45) is 3.46. The number of hydrogen-bond donors (Lipinski definition) is 0. The van der Waals surface area contributed by atoms with E-state index in [1.807, 2.05) is 19.0 Å². The first-order valence-corrected chi connectivity index (χ1v) is 4.29. The molecule has 0 saturated heterocycles. The maximum Gasteiger partial charge on any atom is 0.253 e. The zero-order valence-corrected chi connectivity index (χ0v) is 9.21. The first-order valence-electron chi connectivity index (χ1n) is 4.29. The Morgan fingerprint density at radius 3 is 2.14 bits per heavy atom. The van der Waals surface area contributed by atoms with Crippen molar-refractivity contribution in [2.45, 2.75) is 6.42 Å². The number of nitrogens with zero attached hydrogens (tertiary/aromatic N) is 2. The molecule has 0 aromatic heterocycles. The number of imide groups is 1. The van der Waals surface area contributed by atoms with Gasteiger partial charge in [-0.2, -0.15) is 0 Å². The average Bonchev–Trinajstić information content (AvgIpc) is 2.34. The molecule has 1 aliphatic heterocycles. The van der Waals surface area contributed by atoms with Crippen LogP contribution in [0.15, 0.2) is 12.2 Å². The summed E-state index contributed by atoms with van der Waals surface area (Å²) in [4.78, 5) is 25.4. The molecule has 0 atom stereocenters. The molecule has 0 spiro atoms. The molecule has 4 nitrogen and oxygen atoms in total. The van der Waals surface area contributed by atoms with Gasteiger partial charge in [0.2, 0.25) is 0 Å². The fourth-order valence-electron chi connectivity index (χ4n) is 1.20. The molecule has 0 aromatic rings. The van der Waals surface area contributed by atoms with Crippen molar-refractivity contribution in [2.24, 2.45) is 0 Å². The second-order valence-corrected chi connectivity index (χ2v) is 3.32.